The fourth-order valence-electron chi connectivity index (χ4n) is 3.54. The van der Waals surface area contributed by atoms with Gasteiger partial charge in [-0.2, -0.15) is 0 Å². The van der Waals surface area contributed by atoms with Crippen LogP contribution in [0.2, 0.25) is 0 Å². The number of hydroxylamine groups is 1. The maximum absolute atomic E-state index is 13.5. The van der Waals surface area contributed by atoms with Gasteiger partial charge in [-0.25, -0.2) is 18.7 Å². The van der Waals surface area contributed by atoms with E-state index in [0.717, 1.165) is 12.8 Å². The average molecular weight is 440 g/mol. The summed E-state index contributed by atoms with van der Waals surface area (Å²) in [5.41, 5.74) is 2.35. The van der Waals surface area contributed by atoms with Crippen molar-refractivity contribution in [2.75, 3.05) is 26.4 Å². The molecule has 1 N–H and O–H groups in total. The molecule has 0 radical (unpaired) electrons. The number of rotatable bonds is 9. The summed E-state index contributed by atoms with van der Waals surface area (Å²) in [5.74, 6) is -0.134. The number of benzene rings is 1. The first-order valence-corrected chi connectivity index (χ1v) is 11.7. The Hall–Kier alpha value is -1.94. The summed E-state index contributed by atoms with van der Waals surface area (Å²) >= 11 is 0. The molecule has 1 atom stereocenters. The highest BCUT2D eigenvalue weighted by Gasteiger charge is 2.52. The predicted octanol–water partition coefficient (Wildman–Crippen LogP) is 2.54. The van der Waals surface area contributed by atoms with Gasteiger partial charge in [0.1, 0.15) is 5.75 Å². The Morgan fingerprint density at radius 1 is 1.20 bits per heavy atom. The second-order valence-corrected chi connectivity index (χ2v) is 9.61. The quantitative estimate of drug-likeness (QED) is 0.358. The van der Waals surface area contributed by atoms with E-state index in [9.17, 15) is 13.2 Å². The molecule has 1 unspecified atom stereocenters. The van der Waals surface area contributed by atoms with Gasteiger partial charge in [0.05, 0.1) is 11.5 Å². The third-order valence-electron chi connectivity index (χ3n) is 5.37. The lowest BCUT2D eigenvalue weighted by Gasteiger charge is -2.35. The molecule has 2 saturated heterocycles. The number of ether oxygens (including phenoxy) is 3. The van der Waals surface area contributed by atoms with Crippen LogP contribution in [0.4, 0.5) is 0 Å². The van der Waals surface area contributed by atoms with Crippen molar-refractivity contribution in [1.29, 1.82) is 0 Å². The molecular formula is C21H29NO7S. The highest BCUT2D eigenvalue weighted by atomic mass is 32.2. The van der Waals surface area contributed by atoms with E-state index in [-0.39, 0.29) is 31.0 Å². The molecule has 3 rings (SSSR count). The Morgan fingerprint density at radius 2 is 1.93 bits per heavy atom. The molecule has 0 bridgehead atoms. The zero-order valence-electron chi connectivity index (χ0n) is 17.0. The van der Waals surface area contributed by atoms with E-state index in [2.05, 4.69) is 12.1 Å². The highest BCUT2D eigenvalue weighted by molar-refractivity contribution is 7.93. The van der Waals surface area contributed by atoms with Gasteiger partial charge < -0.3 is 14.2 Å². The van der Waals surface area contributed by atoms with Crippen LogP contribution in [-0.2, 0) is 28.9 Å². The largest absolute Gasteiger partial charge is 0.493 e. The molecule has 0 aromatic heterocycles. The van der Waals surface area contributed by atoms with E-state index in [0.29, 0.717) is 31.8 Å². The number of carbonyl (C=O) groups excluding carboxylic acids is 1. The van der Waals surface area contributed by atoms with Crippen LogP contribution in [0.3, 0.4) is 0 Å². The molecule has 0 aliphatic carbocycles. The fourth-order valence-corrected chi connectivity index (χ4v) is 5.47. The third-order valence-corrected chi connectivity index (χ3v) is 7.89. The molecule has 0 spiro atoms. The molecule has 30 heavy (non-hydrogen) atoms. The SMILES string of the molecule is C=CCCOc1ccc(S(=O)(=O)C2(C(=O)NOC3CCCCO3)CCOCC2)cc1. The summed E-state index contributed by atoms with van der Waals surface area (Å²) in [6, 6.07) is 6.11. The number of nitrogens with one attached hydrogen (secondary N) is 1. The minimum absolute atomic E-state index is 0.0492. The molecule has 1 aromatic rings. The smallest absolute Gasteiger partial charge is 0.265 e. The average Bonchev–Trinajstić information content (AvgIpc) is 2.79. The van der Waals surface area contributed by atoms with Gasteiger partial charge >= 0.3 is 0 Å². The summed E-state index contributed by atoms with van der Waals surface area (Å²) < 4.78 is 41.7. The Kier molecular flexibility index (Phi) is 7.87. The van der Waals surface area contributed by atoms with Crippen molar-refractivity contribution in [1.82, 2.24) is 5.48 Å². The first-order chi connectivity index (χ1) is 14.5. The topological polar surface area (TPSA) is 100 Å². The van der Waals surface area contributed by atoms with E-state index >= 15 is 0 Å². The molecule has 1 amide bonds. The van der Waals surface area contributed by atoms with Crippen molar-refractivity contribution in [2.24, 2.45) is 0 Å². The predicted molar refractivity (Wildman–Crippen MR) is 110 cm³/mol. The van der Waals surface area contributed by atoms with Gasteiger partial charge in [0, 0.05) is 26.2 Å². The number of hydrogen-bond acceptors (Lipinski definition) is 7. The van der Waals surface area contributed by atoms with Crippen molar-refractivity contribution < 1.29 is 32.3 Å². The van der Waals surface area contributed by atoms with Gasteiger partial charge in [0.25, 0.3) is 5.91 Å². The first-order valence-electron chi connectivity index (χ1n) is 10.2. The Labute approximate surface area is 177 Å². The Morgan fingerprint density at radius 3 is 2.57 bits per heavy atom. The van der Waals surface area contributed by atoms with Crippen LogP contribution in [0, 0.1) is 0 Å². The highest BCUT2D eigenvalue weighted by Crippen LogP contribution is 2.36. The molecule has 9 heteroatoms. The van der Waals surface area contributed by atoms with Gasteiger partial charge in [0.15, 0.2) is 20.9 Å². The zero-order chi connectivity index (χ0) is 21.5. The van der Waals surface area contributed by atoms with Crippen molar-refractivity contribution in [3.8, 4) is 5.75 Å². The Balaban J connectivity index is 1.76. The third kappa shape index (κ3) is 5.03. The minimum Gasteiger partial charge on any atom is -0.493 e. The standard InChI is InChI=1S/C21H29NO7S/c1-2-3-13-27-17-7-9-18(10-8-17)30(24,25)21(11-15-26-16-12-21)20(23)22-29-19-6-4-5-14-28-19/h2,7-10,19H,1,3-6,11-16H2,(H,22,23). The lowest BCUT2D eigenvalue weighted by atomic mass is 9.98. The maximum Gasteiger partial charge on any atom is 0.265 e. The molecule has 0 saturated carbocycles. The van der Waals surface area contributed by atoms with Crippen molar-refractivity contribution >= 4 is 15.7 Å². The van der Waals surface area contributed by atoms with Gasteiger partial charge in [0.2, 0.25) is 0 Å². The van der Waals surface area contributed by atoms with E-state index in [1.165, 1.54) is 12.1 Å². The molecule has 2 aliphatic rings. The van der Waals surface area contributed by atoms with Gasteiger partial charge in [-0.3, -0.25) is 4.79 Å². The number of hydrogen-bond donors (Lipinski definition) is 1. The van der Waals surface area contributed by atoms with Crippen LogP contribution in [0.25, 0.3) is 0 Å². The summed E-state index contributed by atoms with van der Waals surface area (Å²) in [7, 11) is -4.00. The molecule has 2 fully saturated rings. The molecular weight excluding hydrogens is 410 g/mol. The number of carbonyl (C=O) groups is 1. The van der Waals surface area contributed by atoms with E-state index in [1.54, 1.807) is 18.2 Å². The summed E-state index contributed by atoms with van der Waals surface area (Å²) in [6.07, 6.45) is 4.49. The fraction of sp³-hybridized carbons (Fsp3) is 0.571. The van der Waals surface area contributed by atoms with Gasteiger partial charge in [-0.15, -0.1) is 6.58 Å². The zero-order valence-corrected chi connectivity index (χ0v) is 17.8. The molecule has 166 valence electrons. The maximum atomic E-state index is 13.5. The summed E-state index contributed by atoms with van der Waals surface area (Å²) in [6.45, 7) is 5.00. The molecule has 1 aromatic carbocycles. The summed E-state index contributed by atoms with van der Waals surface area (Å²) in [5, 5.41) is 0. The van der Waals surface area contributed by atoms with Crippen LogP contribution < -0.4 is 10.2 Å². The second kappa shape index (κ2) is 10.4. The van der Waals surface area contributed by atoms with Crippen LogP contribution in [0.15, 0.2) is 41.8 Å². The monoisotopic (exact) mass is 439 g/mol. The van der Waals surface area contributed by atoms with Gasteiger partial charge in [-0.1, -0.05) is 6.08 Å². The second-order valence-electron chi connectivity index (χ2n) is 7.35. The van der Waals surface area contributed by atoms with Crippen LogP contribution in [0.1, 0.15) is 38.5 Å². The van der Waals surface area contributed by atoms with Crippen molar-refractivity contribution in [3.05, 3.63) is 36.9 Å². The van der Waals surface area contributed by atoms with Crippen molar-refractivity contribution in [3.63, 3.8) is 0 Å². The molecule has 2 aliphatic heterocycles. The van der Waals surface area contributed by atoms with E-state index in [4.69, 9.17) is 19.0 Å². The van der Waals surface area contributed by atoms with Crippen LogP contribution in [-0.4, -0.2) is 51.8 Å². The molecule has 8 nitrogen and oxygen atoms in total. The van der Waals surface area contributed by atoms with Crippen LogP contribution >= 0.6 is 0 Å². The number of amides is 1. The Bertz CT molecular complexity index is 810. The lowest BCUT2D eigenvalue weighted by molar-refractivity contribution is -0.202. The van der Waals surface area contributed by atoms with Crippen molar-refractivity contribution in [2.45, 2.75) is 54.5 Å². The number of sulfone groups is 1. The normalized spacial score (nSPS) is 21.5. The summed E-state index contributed by atoms with van der Waals surface area (Å²) in [4.78, 5) is 18.5. The van der Waals surface area contributed by atoms with E-state index < -0.39 is 26.8 Å². The minimum atomic E-state index is -4.00. The molecule has 2 heterocycles. The van der Waals surface area contributed by atoms with Gasteiger partial charge in [-0.05, 0) is 56.4 Å². The van der Waals surface area contributed by atoms with Crippen LogP contribution in [0.5, 0.6) is 5.75 Å². The first kappa shape index (κ1) is 22.7. The van der Waals surface area contributed by atoms with E-state index in [1.807, 2.05) is 0 Å². The lowest BCUT2D eigenvalue weighted by Crippen LogP contribution is -2.56.